The smallest absolute Gasteiger partial charge is 0.240 e. The van der Waals surface area contributed by atoms with Crippen molar-refractivity contribution in [2.45, 2.75) is 69.4 Å². The molecule has 0 heterocycles. The van der Waals surface area contributed by atoms with Gasteiger partial charge in [-0.15, -0.1) is 0 Å². The van der Waals surface area contributed by atoms with Crippen molar-refractivity contribution in [2.24, 2.45) is 0 Å². The van der Waals surface area contributed by atoms with Gasteiger partial charge < -0.3 is 5.32 Å². The van der Waals surface area contributed by atoms with Gasteiger partial charge in [0, 0.05) is 17.8 Å². The zero-order chi connectivity index (χ0) is 15.3. The molecule has 0 spiro atoms. The fraction of sp³-hybridized carbons (Fsp3) is 0.625. The summed E-state index contributed by atoms with van der Waals surface area (Å²) in [5, 5.41) is 3.53. The summed E-state index contributed by atoms with van der Waals surface area (Å²) >= 11 is 0. The maximum Gasteiger partial charge on any atom is 0.240 e. The highest BCUT2D eigenvalue weighted by Crippen LogP contribution is 2.22. The first-order valence-electron chi connectivity index (χ1n) is 7.86. The molecule has 1 saturated carbocycles. The molecule has 1 aliphatic rings. The molecule has 0 aliphatic heterocycles. The maximum atomic E-state index is 12.1. The van der Waals surface area contributed by atoms with E-state index in [1.807, 2.05) is 26.0 Å². The first kappa shape index (κ1) is 16.3. The topological polar surface area (TPSA) is 58.2 Å². The molecule has 0 aromatic heterocycles. The summed E-state index contributed by atoms with van der Waals surface area (Å²) in [4.78, 5) is 0.322. The van der Waals surface area contributed by atoms with E-state index in [1.54, 1.807) is 12.1 Å². The summed E-state index contributed by atoms with van der Waals surface area (Å²) < 4.78 is 26.7. The third-order valence-electron chi connectivity index (χ3n) is 3.78. The minimum Gasteiger partial charge on any atom is -0.382 e. The van der Waals surface area contributed by atoms with Gasteiger partial charge in [0.1, 0.15) is 0 Å². The van der Waals surface area contributed by atoms with E-state index in [-0.39, 0.29) is 6.04 Å². The van der Waals surface area contributed by atoms with Crippen molar-refractivity contribution in [1.82, 2.24) is 4.72 Å². The normalized spacial score (nSPS) is 17.7. The monoisotopic (exact) mass is 310 g/mol. The number of hydrogen-bond donors (Lipinski definition) is 2. The Kier molecular flexibility index (Phi) is 5.65. The van der Waals surface area contributed by atoms with Crippen molar-refractivity contribution >= 4 is 15.7 Å². The Morgan fingerprint density at radius 1 is 1.00 bits per heavy atom. The Morgan fingerprint density at radius 2 is 1.57 bits per heavy atom. The first-order valence-corrected chi connectivity index (χ1v) is 9.34. The van der Waals surface area contributed by atoms with Crippen LogP contribution in [0.2, 0.25) is 0 Å². The summed E-state index contributed by atoms with van der Waals surface area (Å²) in [7, 11) is -3.39. The molecule has 0 radical (unpaired) electrons. The molecule has 5 heteroatoms. The first-order chi connectivity index (χ1) is 9.97. The molecule has 0 atom stereocenters. The average molecular weight is 310 g/mol. The number of rotatable bonds is 5. The van der Waals surface area contributed by atoms with Crippen LogP contribution < -0.4 is 10.0 Å². The summed E-state index contributed by atoms with van der Waals surface area (Å²) in [6.45, 7) is 3.64. The van der Waals surface area contributed by atoms with Gasteiger partial charge in [-0.2, -0.15) is 0 Å². The zero-order valence-corrected chi connectivity index (χ0v) is 13.7. The minimum absolute atomic E-state index is 0.0983. The Morgan fingerprint density at radius 3 is 2.10 bits per heavy atom. The van der Waals surface area contributed by atoms with Crippen LogP contribution in [0.25, 0.3) is 0 Å². The van der Waals surface area contributed by atoms with E-state index < -0.39 is 10.0 Å². The molecular weight excluding hydrogens is 284 g/mol. The average Bonchev–Trinajstić information content (AvgIpc) is 2.66. The minimum atomic E-state index is -3.39. The van der Waals surface area contributed by atoms with Crippen LogP contribution in [0.1, 0.15) is 52.4 Å². The van der Waals surface area contributed by atoms with Crippen LogP contribution >= 0.6 is 0 Å². The molecule has 4 nitrogen and oxygen atoms in total. The molecule has 21 heavy (non-hydrogen) atoms. The van der Waals surface area contributed by atoms with Crippen LogP contribution in [0.4, 0.5) is 5.69 Å². The summed E-state index contributed by atoms with van der Waals surface area (Å²) in [6, 6.07) is 7.48. The van der Waals surface area contributed by atoms with Crippen molar-refractivity contribution in [3.63, 3.8) is 0 Å². The summed E-state index contributed by atoms with van der Waals surface area (Å²) in [5.74, 6) is 0. The van der Waals surface area contributed by atoms with Gasteiger partial charge >= 0.3 is 0 Å². The molecular formula is C16H26N2O2S. The molecule has 118 valence electrons. The second-order valence-corrected chi connectivity index (χ2v) is 7.85. The van der Waals surface area contributed by atoms with Gasteiger partial charge in [0.05, 0.1) is 4.90 Å². The lowest BCUT2D eigenvalue weighted by Crippen LogP contribution is -2.30. The van der Waals surface area contributed by atoms with Gasteiger partial charge in [-0.25, -0.2) is 13.1 Å². The van der Waals surface area contributed by atoms with Crippen molar-refractivity contribution in [3.05, 3.63) is 24.3 Å². The van der Waals surface area contributed by atoms with Crippen molar-refractivity contribution in [3.8, 4) is 0 Å². The van der Waals surface area contributed by atoms with E-state index in [0.29, 0.717) is 10.9 Å². The second kappa shape index (κ2) is 7.27. The van der Waals surface area contributed by atoms with Gasteiger partial charge in [-0.1, -0.05) is 25.7 Å². The van der Waals surface area contributed by atoms with E-state index in [2.05, 4.69) is 10.0 Å². The lowest BCUT2D eigenvalue weighted by Gasteiger charge is -2.18. The second-order valence-electron chi connectivity index (χ2n) is 6.13. The largest absolute Gasteiger partial charge is 0.382 e. The van der Waals surface area contributed by atoms with Gasteiger partial charge in [0.15, 0.2) is 0 Å². The molecule has 1 fully saturated rings. The number of sulfonamides is 1. The van der Waals surface area contributed by atoms with Crippen LogP contribution in [-0.2, 0) is 10.0 Å². The van der Waals surface area contributed by atoms with Gasteiger partial charge in [0.2, 0.25) is 10.0 Å². The predicted molar refractivity (Wildman–Crippen MR) is 87.0 cm³/mol. The molecule has 0 amide bonds. The number of benzene rings is 1. The number of nitrogens with one attached hydrogen (secondary N) is 2. The summed E-state index contributed by atoms with van der Waals surface area (Å²) in [5.41, 5.74) is 1.00. The maximum absolute atomic E-state index is 12.1. The molecule has 0 saturated heterocycles. The molecule has 2 N–H and O–H groups in total. The van der Waals surface area contributed by atoms with Gasteiger partial charge in [-0.3, -0.25) is 0 Å². The van der Waals surface area contributed by atoms with E-state index in [9.17, 15) is 8.42 Å². The highest BCUT2D eigenvalue weighted by Gasteiger charge is 2.16. The molecule has 0 unspecified atom stereocenters. The fourth-order valence-corrected chi connectivity index (χ4v) is 4.02. The van der Waals surface area contributed by atoms with E-state index >= 15 is 0 Å². The van der Waals surface area contributed by atoms with Gasteiger partial charge in [0.25, 0.3) is 0 Å². The van der Waals surface area contributed by atoms with Crippen molar-refractivity contribution in [1.29, 1.82) is 0 Å². The van der Waals surface area contributed by atoms with Gasteiger partial charge in [-0.05, 0) is 51.0 Å². The Hall–Kier alpha value is -1.07. The number of anilines is 1. The van der Waals surface area contributed by atoms with Crippen LogP contribution in [0.15, 0.2) is 29.2 Å². The predicted octanol–water partition coefficient (Wildman–Crippen LogP) is 3.51. The summed E-state index contributed by atoms with van der Waals surface area (Å²) in [6.07, 6.45) is 7.63. The Labute approximate surface area is 128 Å². The van der Waals surface area contributed by atoms with E-state index in [0.717, 1.165) is 5.69 Å². The van der Waals surface area contributed by atoms with E-state index in [1.165, 1.54) is 38.5 Å². The van der Waals surface area contributed by atoms with Crippen molar-refractivity contribution < 1.29 is 8.42 Å². The lowest BCUT2D eigenvalue weighted by atomic mass is 10.1. The third-order valence-corrected chi connectivity index (χ3v) is 5.46. The number of hydrogen-bond acceptors (Lipinski definition) is 3. The molecule has 1 aromatic carbocycles. The highest BCUT2D eigenvalue weighted by molar-refractivity contribution is 7.89. The molecule has 1 aliphatic carbocycles. The zero-order valence-electron chi connectivity index (χ0n) is 12.9. The standard InChI is InChI=1S/C16H26N2O2S/c1-13(2)18-21(19,20)16-11-9-15(10-12-16)17-14-7-5-3-4-6-8-14/h9-14,17-18H,3-8H2,1-2H3. The SMILES string of the molecule is CC(C)NS(=O)(=O)c1ccc(NC2CCCCCC2)cc1. The molecule has 2 rings (SSSR count). The van der Waals surface area contributed by atoms with E-state index in [4.69, 9.17) is 0 Å². The van der Waals surface area contributed by atoms with Crippen LogP contribution in [0, 0.1) is 0 Å². The molecule has 0 bridgehead atoms. The fourth-order valence-electron chi connectivity index (χ4n) is 2.77. The Balaban J connectivity index is 2.01. The van der Waals surface area contributed by atoms with Crippen LogP contribution in [0.3, 0.4) is 0 Å². The van der Waals surface area contributed by atoms with Crippen molar-refractivity contribution in [2.75, 3.05) is 5.32 Å². The van der Waals surface area contributed by atoms with Crippen LogP contribution in [-0.4, -0.2) is 20.5 Å². The quantitative estimate of drug-likeness (QED) is 0.818. The third kappa shape index (κ3) is 5.00. The molecule has 1 aromatic rings. The Bertz CT molecular complexity index is 530. The lowest BCUT2D eigenvalue weighted by molar-refractivity contribution is 0.570. The highest BCUT2D eigenvalue weighted by atomic mass is 32.2. The van der Waals surface area contributed by atoms with Crippen LogP contribution in [0.5, 0.6) is 0 Å².